The number of aryl methyl sites for hydroxylation is 2. The Morgan fingerprint density at radius 1 is 1.40 bits per heavy atom. The highest BCUT2D eigenvalue weighted by molar-refractivity contribution is 4.92. The molecule has 4 heteroatoms. The van der Waals surface area contributed by atoms with E-state index in [1.54, 1.807) is 0 Å². The quantitative estimate of drug-likeness (QED) is 0.697. The van der Waals surface area contributed by atoms with Crippen LogP contribution in [0.2, 0.25) is 0 Å². The number of aliphatic hydroxyl groups is 1. The topological polar surface area (TPSA) is 50.9 Å². The zero-order valence-electron chi connectivity index (χ0n) is 9.69. The zero-order valence-corrected chi connectivity index (χ0v) is 9.69. The lowest BCUT2D eigenvalue weighted by Crippen LogP contribution is -2.01. The van der Waals surface area contributed by atoms with Gasteiger partial charge in [0.1, 0.15) is 0 Å². The van der Waals surface area contributed by atoms with Crippen molar-refractivity contribution >= 4 is 0 Å². The van der Waals surface area contributed by atoms with E-state index in [0.717, 1.165) is 37.9 Å². The molecule has 1 N–H and O–H groups in total. The van der Waals surface area contributed by atoms with Crippen LogP contribution in [0, 0.1) is 5.92 Å². The third-order valence-corrected chi connectivity index (χ3v) is 2.36. The van der Waals surface area contributed by atoms with Crippen molar-refractivity contribution in [3.63, 3.8) is 0 Å². The fraction of sp³-hybridized carbons (Fsp3) is 0.818. The van der Waals surface area contributed by atoms with Gasteiger partial charge in [-0.1, -0.05) is 19.1 Å². The van der Waals surface area contributed by atoms with E-state index in [4.69, 9.17) is 5.11 Å². The van der Waals surface area contributed by atoms with Crippen molar-refractivity contribution in [2.24, 2.45) is 5.92 Å². The van der Waals surface area contributed by atoms with Gasteiger partial charge in [0.05, 0.1) is 5.69 Å². The number of unbranched alkanes of at least 4 members (excludes halogenated alkanes) is 1. The Balaban J connectivity index is 2.29. The molecule has 0 radical (unpaired) electrons. The Morgan fingerprint density at radius 3 is 2.87 bits per heavy atom. The minimum absolute atomic E-state index is 0.265. The minimum Gasteiger partial charge on any atom is -0.396 e. The predicted octanol–water partition coefficient (Wildman–Crippen LogP) is 1.64. The Morgan fingerprint density at radius 2 is 2.20 bits per heavy atom. The van der Waals surface area contributed by atoms with Gasteiger partial charge in [0.2, 0.25) is 0 Å². The molecule has 1 aromatic heterocycles. The van der Waals surface area contributed by atoms with E-state index >= 15 is 0 Å². The summed E-state index contributed by atoms with van der Waals surface area (Å²) in [6.45, 7) is 5.63. The van der Waals surface area contributed by atoms with Crippen LogP contribution in [0.5, 0.6) is 0 Å². The molecule has 0 aromatic carbocycles. The average Bonchev–Trinajstić information content (AvgIpc) is 2.63. The maximum absolute atomic E-state index is 8.65. The average molecular weight is 211 g/mol. The van der Waals surface area contributed by atoms with Gasteiger partial charge in [0, 0.05) is 19.3 Å². The number of rotatable bonds is 7. The summed E-state index contributed by atoms with van der Waals surface area (Å²) in [5.41, 5.74) is 1.03. The van der Waals surface area contributed by atoms with Crippen LogP contribution in [0.4, 0.5) is 0 Å². The molecule has 0 aliphatic rings. The van der Waals surface area contributed by atoms with Crippen molar-refractivity contribution in [3.05, 3.63) is 11.9 Å². The Bertz CT molecular complexity index is 271. The number of aliphatic hydroxyl groups excluding tert-OH is 1. The van der Waals surface area contributed by atoms with Crippen molar-refractivity contribution < 1.29 is 5.11 Å². The van der Waals surface area contributed by atoms with E-state index in [2.05, 4.69) is 24.2 Å². The van der Waals surface area contributed by atoms with Gasteiger partial charge in [-0.15, -0.1) is 5.10 Å². The predicted molar refractivity (Wildman–Crippen MR) is 59.5 cm³/mol. The Kier molecular flexibility index (Phi) is 5.32. The molecule has 1 heterocycles. The van der Waals surface area contributed by atoms with E-state index < -0.39 is 0 Å². The maximum atomic E-state index is 8.65. The van der Waals surface area contributed by atoms with Crippen LogP contribution in [-0.2, 0) is 13.0 Å². The summed E-state index contributed by atoms with van der Waals surface area (Å²) in [5.74, 6) is 0.701. The first-order valence-corrected chi connectivity index (χ1v) is 5.72. The van der Waals surface area contributed by atoms with Gasteiger partial charge < -0.3 is 5.11 Å². The molecule has 0 saturated carbocycles. The molecular weight excluding hydrogens is 190 g/mol. The van der Waals surface area contributed by atoms with Crippen LogP contribution >= 0.6 is 0 Å². The largest absolute Gasteiger partial charge is 0.396 e. The number of hydrogen-bond acceptors (Lipinski definition) is 3. The zero-order chi connectivity index (χ0) is 11.1. The molecule has 1 rings (SSSR count). The van der Waals surface area contributed by atoms with E-state index in [9.17, 15) is 0 Å². The van der Waals surface area contributed by atoms with E-state index in [1.807, 2.05) is 10.9 Å². The van der Waals surface area contributed by atoms with Crippen LogP contribution in [0.25, 0.3) is 0 Å². The SMILES string of the molecule is CC(C)CCn1cc(CCCCO)nn1. The van der Waals surface area contributed by atoms with Crippen LogP contribution in [-0.4, -0.2) is 26.7 Å². The van der Waals surface area contributed by atoms with E-state index in [1.165, 1.54) is 0 Å². The van der Waals surface area contributed by atoms with Gasteiger partial charge in [0.15, 0.2) is 0 Å². The van der Waals surface area contributed by atoms with Gasteiger partial charge >= 0.3 is 0 Å². The summed E-state index contributed by atoms with van der Waals surface area (Å²) >= 11 is 0. The number of hydrogen-bond donors (Lipinski definition) is 1. The lowest BCUT2D eigenvalue weighted by atomic mass is 10.1. The van der Waals surface area contributed by atoms with Crippen molar-refractivity contribution in [2.75, 3.05) is 6.61 Å². The lowest BCUT2D eigenvalue weighted by Gasteiger charge is -2.02. The molecule has 0 atom stereocenters. The van der Waals surface area contributed by atoms with Gasteiger partial charge in [-0.25, -0.2) is 0 Å². The summed E-state index contributed by atoms with van der Waals surface area (Å²) in [6, 6.07) is 0. The van der Waals surface area contributed by atoms with Crippen molar-refractivity contribution in [2.45, 2.75) is 46.1 Å². The summed E-state index contributed by atoms with van der Waals surface area (Å²) in [7, 11) is 0. The van der Waals surface area contributed by atoms with Gasteiger partial charge in [0.25, 0.3) is 0 Å². The Labute approximate surface area is 91.3 Å². The molecule has 0 bridgehead atoms. The van der Waals surface area contributed by atoms with Crippen LogP contribution in [0.3, 0.4) is 0 Å². The van der Waals surface area contributed by atoms with Crippen LogP contribution in [0.1, 0.15) is 38.8 Å². The summed E-state index contributed by atoms with van der Waals surface area (Å²) in [5, 5.41) is 16.8. The smallest absolute Gasteiger partial charge is 0.0827 e. The molecule has 0 spiro atoms. The first-order valence-electron chi connectivity index (χ1n) is 5.72. The monoisotopic (exact) mass is 211 g/mol. The second kappa shape index (κ2) is 6.56. The highest BCUT2D eigenvalue weighted by Gasteiger charge is 2.01. The van der Waals surface area contributed by atoms with Crippen molar-refractivity contribution in [1.29, 1.82) is 0 Å². The molecule has 4 nitrogen and oxygen atoms in total. The fourth-order valence-electron chi connectivity index (χ4n) is 1.37. The summed E-state index contributed by atoms with van der Waals surface area (Å²) in [6.07, 6.45) is 5.90. The highest BCUT2D eigenvalue weighted by atomic mass is 16.2. The molecule has 0 aliphatic carbocycles. The second-order valence-corrected chi connectivity index (χ2v) is 4.34. The summed E-state index contributed by atoms with van der Waals surface area (Å²) < 4.78 is 1.91. The lowest BCUT2D eigenvalue weighted by molar-refractivity contribution is 0.284. The molecule has 0 aliphatic heterocycles. The third-order valence-electron chi connectivity index (χ3n) is 2.36. The van der Waals surface area contributed by atoms with Gasteiger partial charge in [-0.2, -0.15) is 0 Å². The molecule has 86 valence electrons. The minimum atomic E-state index is 0.265. The molecular formula is C11H21N3O. The van der Waals surface area contributed by atoms with Crippen molar-refractivity contribution in [3.8, 4) is 0 Å². The Hall–Kier alpha value is -0.900. The molecule has 15 heavy (non-hydrogen) atoms. The maximum Gasteiger partial charge on any atom is 0.0827 e. The van der Waals surface area contributed by atoms with Gasteiger partial charge in [-0.05, 0) is 31.6 Å². The van der Waals surface area contributed by atoms with Crippen LogP contribution in [0.15, 0.2) is 6.20 Å². The second-order valence-electron chi connectivity index (χ2n) is 4.34. The number of aromatic nitrogens is 3. The first kappa shape index (κ1) is 12.2. The summed E-state index contributed by atoms with van der Waals surface area (Å²) in [4.78, 5) is 0. The standard InChI is InChI=1S/C11H21N3O/c1-10(2)6-7-14-9-11(12-13-14)5-3-4-8-15/h9-10,15H,3-8H2,1-2H3. The molecule has 1 aromatic rings. The van der Waals surface area contributed by atoms with E-state index in [0.29, 0.717) is 5.92 Å². The number of nitrogens with zero attached hydrogens (tertiary/aromatic N) is 3. The highest BCUT2D eigenvalue weighted by Crippen LogP contribution is 2.04. The molecule has 0 saturated heterocycles. The molecule has 0 unspecified atom stereocenters. The third kappa shape index (κ3) is 4.93. The van der Waals surface area contributed by atoms with Crippen molar-refractivity contribution in [1.82, 2.24) is 15.0 Å². The van der Waals surface area contributed by atoms with Gasteiger partial charge in [-0.3, -0.25) is 4.68 Å². The first-order chi connectivity index (χ1) is 7.22. The van der Waals surface area contributed by atoms with E-state index in [-0.39, 0.29) is 6.61 Å². The molecule has 0 fully saturated rings. The normalized spacial score (nSPS) is 11.2. The fourth-order valence-corrected chi connectivity index (χ4v) is 1.37. The van der Waals surface area contributed by atoms with Crippen LogP contribution < -0.4 is 0 Å². The molecule has 0 amide bonds.